The highest BCUT2D eigenvalue weighted by Crippen LogP contribution is 2.45. The standard InChI is InChI=1S/C26H29ClFN3O3/c1-34-24-13-19(21(28)14-23(24)29-22-6-7-25(32)30-26(22)33)16-8-10-31(11-9-16)17-4-5-20(27)18(12-17)15-2-3-15/h4-5,12-16,22,29H,2-3,6-11H2,1H3,(H,30,32,33). The summed E-state index contributed by atoms with van der Waals surface area (Å²) in [5.74, 6) is 0.183. The van der Waals surface area contributed by atoms with Gasteiger partial charge in [0.2, 0.25) is 11.8 Å². The van der Waals surface area contributed by atoms with Crippen molar-refractivity contribution in [2.75, 3.05) is 30.4 Å². The molecule has 1 aliphatic carbocycles. The fraction of sp³-hybridized carbons (Fsp3) is 0.462. The molecule has 2 N–H and O–H groups in total. The van der Waals surface area contributed by atoms with E-state index in [1.807, 2.05) is 6.07 Å². The van der Waals surface area contributed by atoms with Crippen molar-refractivity contribution in [1.82, 2.24) is 5.32 Å². The number of anilines is 2. The van der Waals surface area contributed by atoms with Crippen molar-refractivity contribution in [3.8, 4) is 5.75 Å². The number of imide groups is 1. The Balaban J connectivity index is 1.28. The van der Waals surface area contributed by atoms with Crippen LogP contribution < -0.4 is 20.3 Å². The Morgan fingerprint density at radius 3 is 2.44 bits per heavy atom. The molecule has 0 aromatic heterocycles. The molecule has 1 atom stereocenters. The third-order valence-electron chi connectivity index (χ3n) is 7.18. The Kier molecular flexibility index (Phi) is 6.38. The lowest BCUT2D eigenvalue weighted by atomic mass is 9.88. The summed E-state index contributed by atoms with van der Waals surface area (Å²) < 4.78 is 20.7. The predicted octanol–water partition coefficient (Wildman–Crippen LogP) is 4.97. The first-order valence-electron chi connectivity index (χ1n) is 11.9. The summed E-state index contributed by atoms with van der Waals surface area (Å²) in [6.45, 7) is 1.68. The van der Waals surface area contributed by atoms with E-state index in [0.717, 1.165) is 31.0 Å². The van der Waals surface area contributed by atoms with Crippen LogP contribution in [0.25, 0.3) is 0 Å². The van der Waals surface area contributed by atoms with Gasteiger partial charge in [-0.15, -0.1) is 0 Å². The number of amides is 2. The van der Waals surface area contributed by atoms with Crippen LogP contribution in [0.1, 0.15) is 61.5 Å². The highest BCUT2D eigenvalue weighted by molar-refractivity contribution is 6.31. The second-order valence-corrected chi connectivity index (χ2v) is 9.87. The molecule has 1 saturated carbocycles. The Morgan fingerprint density at radius 1 is 1.03 bits per heavy atom. The van der Waals surface area contributed by atoms with Gasteiger partial charge in [0.05, 0.1) is 12.8 Å². The molecule has 0 bridgehead atoms. The molecule has 0 radical (unpaired) electrons. The normalized spacial score (nSPS) is 21.4. The number of nitrogens with zero attached hydrogens (tertiary/aromatic N) is 1. The van der Waals surface area contributed by atoms with Crippen molar-refractivity contribution >= 4 is 34.8 Å². The maximum absolute atomic E-state index is 15.2. The number of methoxy groups -OCH3 is 1. The van der Waals surface area contributed by atoms with Gasteiger partial charge in [0.1, 0.15) is 17.6 Å². The average Bonchev–Trinajstić information content (AvgIpc) is 3.67. The fourth-order valence-electron chi connectivity index (χ4n) is 5.07. The summed E-state index contributed by atoms with van der Waals surface area (Å²) in [7, 11) is 1.53. The van der Waals surface area contributed by atoms with E-state index in [9.17, 15) is 9.59 Å². The third kappa shape index (κ3) is 4.71. The number of piperidine rings is 2. The number of hydrogen-bond acceptors (Lipinski definition) is 5. The summed E-state index contributed by atoms with van der Waals surface area (Å²) in [5.41, 5.74) is 3.49. The van der Waals surface area contributed by atoms with Crippen LogP contribution in [-0.2, 0) is 9.59 Å². The number of halogens is 2. The lowest BCUT2D eigenvalue weighted by Crippen LogP contribution is -2.47. The average molecular weight is 486 g/mol. The lowest BCUT2D eigenvalue weighted by molar-refractivity contribution is -0.133. The van der Waals surface area contributed by atoms with E-state index in [1.165, 1.54) is 37.3 Å². The van der Waals surface area contributed by atoms with Gasteiger partial charge in [-0.25, -0.2) is 4.39 Å². The first-order valence-corrected chi connectivity index (χ1v) is 12.3. The highest BCUT2D eigenvalue weighted by atomic mass is 35.5. The molecule has 8 heteroatoms. The van der Waals surface area contributed by atoms with Crippen molar-refractivity contribution in [3.63, 3.8) is 0 Å². The van der Waals surface area contributed by atoms with Gasteiger partial charge in [-0.1, -0.05) is 11.6 Å². The molecule has 3 fully saturated rings. The largest absolute Gasteiger partial charge is 0.495 e. The van der Waals surface area contributed by atoms with Gasteiger partial charge < -0.3 is 15.0 Å². The van der Waals surface area contributed by atoms with E-state index < -0.39 is 11.9 Å². The Morgan fingerprint density at radius 2 is 1.76 bits per heavy atom. The molecule has 1 unspecified atom stereocenters. The maximum atomic E-state index is 15.2. The van der Waals surface area contributed by atoms with Crippen molar-refractivity contribution < 1.29 is 18.7 Å². The van der Waals surface area contributed by atoms with Crippen LogP contribution in [0, 0.1) is 5.82 Å². The van der Waals surface area contributed by atoms with Crippen LogP contribution in [0.5, 0.6) is 5.75 Å². The van der Waals surface area contributed by atoms with E-state index in [-0.39, 0.29) is 24.1 Å². The molecule has 2 saturated heterocycles. The van der Waals surface area contributed by atoms with Crippen molar-refractivity contribution in [3.05, 3.63) is 52.3 Å². The van der Waals surface area contributed by atoms with Crippen LogP contribution in [0.15, 0.2) is 30.3 Å². The zero-order valence-electron chi connectivity index (χ0n) is 19.2. The van der Waals surface area contributed by atoms with E-state index in [1.54, 1.807) is 6.07 Å². The van der Waals surface area contributed by atoms with Crippen molar-refractivity contribution in [1.29, 1.82) is 0 Å². The third-order valence-corrected chi connectivity index (χ3v) is 7.53. The van der Waals surface area contributed by atoms with E-state index in [0.29, 0.717) is 29.3 Å². The minimum Gasteiger partial charge on any atom is -0.495 e. The second kappa shape index (κ2) is 9.45. The molecule has 180 valence electrons. The summed E-state index contributed by atoms with van der Waals surface area (Å²) >= 11 is 6.39. The Bertz CT molecular complexity index is 1110. The van der Waals surface area contributed by atoms with Gasteiger partial charge in [-0.05, 0) is 79.3 Å². The molecule has 2 aromatic carbocycles. The number of benzene rings is 2. The molecule has 5 rings (SSSR count). The van der Waals surface area contributed by atoms with Gasteiger partial charge in [0, 0.05) is 36.3 Å². The first-order chi connectivity index (χ1) is 16.4. The van der Waals surface area contributed by atoms with Crippen LogP contribution in [0.2, 0.25) is 5.02 Å². The van der Waals surface area contributed by atoms with E-state index in [4.69, 9.17) is 16.3 Å². The topological polar surface area (TPSA) is 70.7 Å². The summed E-state index contributed by atoms with van der Waals surface area (Å²) in [6, 6.07) is 8.85. The number of carbonyl (C=O) groups is 2. The van der Waals surface area contributed by atoms with Gasteiger partial charge in [-0.3, -0.25) is 14.9 Å². The monoisotopic (exact) mass is 485 g/mol. The van der Waals surface area contributed by atoms with Crippen LogP contribution in [-0.4, -0.2) is 38.1 Å². The van der Waals surface area contributed by atoms with Gasteiger partial charge in [0.15, 0.2) is 0 Å². The zero-order valence-corrected chi connectivity index (χ0v) is 20.0. The molecule has 2 aliphatic heterocycles. The van der Waals surface area contributed by atoms with E-state index >= 15 is 4.39 Å². The zero-order chi connectivity index (χ0) is 23.8. The SMILES string of the molecule is COc1cc(C2CCN(c3ccc(Cl)c(C4CC4)c3)CC2)c(F)cc1NC1CCC(=O)NC1=O. The van der Waals surface area contributed by atoms with Crippen LogP contribution in [0.4, 0.5) is 15.8 Å². The van der Waals surface area contributed by atoms with Crippen LogP contribution in [0.3, 0.4) is 0 Å². The molecule has 2 amide bonds. The number of ether oxygens (including phenoxy) is 1. The van der Waals surface area contributed by atoms with Crippen LogP contribution >= 0.6 is 11.6 Å². The molecule has 2 aromatic rings. The lowest BCUT2D eigenvalue weighted by Gasteiger charge is -2.34. The smallest absolute Gasteiger partial charge is 0.249 e. The fourth-order valence-corrected chi connectivity index (χ4v) is 5.34. The molecule has 0 spiro atoms. The molecule has 6 nitrogen and oxygen atoms in total. The minimum atomic E-state index is -0.597. The van der Waals surface area contributed by atoms with Crippen molar-refractivity contribution in [2.45, 2.75) is 56.4 Å². The Hall–Kier alpha value is -2.80. The van der Waals surface area contributed by atoms with Gasteiger partial charge >= 0.3 is 0 Å². The molecular weight excluding hydrogens is 457 g/mol. The van der Waals surface area contributed by atoms with E-state index in [2.05, 4.69) is 27.7 Å². The Labute approximate surface area is 203 Å². The number of rotatable bonds is 6. The maximum Gasteiger partial charge on any atom is 0.249 e. The number of hydrogen-bond donors (Lipinski definition) is 2. The molecular formula is C26H29ClFN3O3. The second-order valence-electron chi connectivity index (χ2n) is 9.46. The minimum absolute atomic E-state index is 0.0880. The summed E-state index contributed by atoms with van der Waals surface area (Å²) in [6.07, 6.45) is 4.70. The number of carbonyl (C=O) groups excluding carboxylic acids is 2. The molecule has 34 heavy (non-hydrogen) atoms. The quantitative estimate of drug-likeness (QED) is 0.565. The van der Waals surface area contributed by atoms with Gasteiger partial charge in [-0.2, -0.15) is 0 Å². The summed E-state index contributed by atoms with van der Waals surface area (Å²) in [5, 5.41) is 6.21. The first kappa shape index (κ1) is 23.0. The van der Waals surface area contributed by atoms with Gasteiger partial charge in [0.25, 0.3) is 0 Å². The number of nitrogens with one attached hydrogen (secondary N) is 2. The van der Waals surface area contributed by atoms with Crippen molar-refractivity contribution in [2.24, 2.45) is 0 Å². The predicted molar refractivity (Wildman–Crippen MR) is 130 cm³/mol. The summed E-state index contributed by atoms with van der Waals surface area (Å²) in [4.78, 5) is 25.8. The highest BCUT2D eigenvalue weighted by Gasteiger charge is 2.30. The molecule has 2 heterocycles. The molecule has 3 aliphatic rings.